The number of imide groups is 1. The minimum Gasteiger partial charge on any atom is -0.488 e. The lowest BCUT2D eigenvalue weighted by molar-refractivity contribution is -0.140. The van der Waals surface area contributed by atoms with E-state index in [0.29, 0.717) is 30.7 Å². The Kier molecular flexibility index (Phi) is 4.53. The van der Waals surface area contributed by atoms with Gasteiger partial charge < -0.3 is 4.74 Å². The van der Waals surface area contributed by atoms with Crippen LogP contribution in [-0.2, 0) is 9.59 Å². The molecule has 0 atom stereocenters. The van der Waals surface area contributed by atoms with E-state index in [2.05, 4.69) is 0 Å². The summed E-state index contributed by atoms with van der Waals surface area (Å²) in [6.07, 6.45) is 4.32. The lowest BCUT2D eigenvalue weighted by Gasteiger charge is -2.27. The third-order valence-corrected chi connectivity index (χ3v) is 4.26. The summed E-state index contributed by atoms with van der Waals surface area (Å²) in [5, 5.41) is 9.32. The van der Waals surface area contributed by atoms with Crippen LogP contribution in [0.5, 0.6) is 5.75 Å². The molecule has 0 fully saturated rings. The van der Waals surface area contributed by atoms with Crippen LogP contribution >= 0.6 is 0 Å². The smallest absolute Gasteiger partial charge is 0.271 e. The molecule has 5 nitrogen and oxygen atoms in total. The molecule has 126 valence electrons. The average Bonchev–Trinajstić information content (AvgIpc) is 2.62. The van der Waals surface area contributed by atoms with E-state index >= 15 is 0 Å². The Morgan fingerprint density at radius 2 is 2.04 bits per heavy atom. The van der Waals surface area contributed by atoms with E-state index in [1.807, 2.05) is 43.3 Å². The molecule has 0 saturated heterocycles. The Bertz CT molecular complexity index is 884. The quantitative estimate of drug-likeness (QED) is 0.629. The van der Waals surface area contributed by atoms with Gasteiger partial charge in [-0.2, -0.15) is 5.26 Å². The molecule has 2 aliphatic rings. The molecule has 1 aromatic rings. The maximum absolute atomic E-state index is 12.7. The van der Waals surface area contributed by atoms with Crippen molar-refractivity contribution in [2.45, 2.75) is 20.3 Å². The fourth-order valence-electron chi connectivity index (χ4n) is 2.96. The highest BCUT2D eigenvalue weighted by atomic mass is 16.5. The third-order valence-electron chi connectivity index (χ3n) is 4.26. The SMILES string of the molecule is CCCN1C(=O)C(=CC2=Cc3ccccc3OC2)C(C)=C(C#N)C1=O. The Morgan fingerprint density at radius 1 is 1.28 bits per heavy atom. The molecule has 0 bridgehead atoms. The summed E-state index contributed by atoms with van der Waals surface area (Å²) >= 11 is 0. The van der Waals surface area contributed by atoms with Crippen molar-refractivity contribution in [2.75, 3.05) is 13.2 Å². The van der Waals surface area contributed by atoms with Crippen LogP contribution in [0.25, 0.3) is 6.08 Å². The Hall–Kier alpha value is -3.13. The van der Waals surface area contributed by atoms with Gasteiger partial charge in [0.2, 0.25) is 0 Å². The number of rotatable bonds is 3. The van der Waals surface area contributed by atoms with Gasteiger partial charge in [-0.1, -0.05) is 25.1 Å². The number of fused-ring (bicyclic) bond motifs is 1. The van der Waals surface area contributed by atoms with Crippen molar-refractivity contribution in [3.8, 4) is 11.8 Å². The Labute approximate surface area is 146 Å². The predicted octanol–water partition coefficient (Wildman–Crippen LogP) is 3.01. The highest BCUT2D eigenvalue weighted by Crippen LogP contribution is 2.30. The first kappa shape index (κ1) is 16.7. The highest BCUT2D eigenvalue weighted by molar-refractivity contribution is 6.18. The maximum Gasteiger partial charge on any atom is 0.271 e. The van der Waals surface area contributed by atoms with Gasteiger partial charge in [-0.15, -0.1) is 0 Å². The minimum atomic E-state index is -0.511. The van der Waals surface area contributed by atoms with Crippen molar-refractivity contribution in [1.29, 1.82) is 5.26 Å². The molecule has 2 amide bonds. The number of para-hydroxylation sites is 1. The fraction of sp³-hybridized carbons (Fsp3) is 0.250. The molecule has 0 radical (unpaired) electrons. The van der Waals surface area contributed by atoms with Gasteiger partial charge in [-0.05, 0) is 42.7 Å². The molecule has 0 N–H and O–H groups in total. The van der Waals surface area contributed by atoms with Crippen LogP contribution in [0.2, 0.25) is 0 Å². The fourth-order valence-corrected chi connectivity index (χ4v) is 2.96. The van der Waals surface area contributed by atoms with Crippen LogP contribution in [0.3, 0.4) is 0 Å². The van der Waals surface area contributed by atoms with Gasteiger partial charge in [0.15, 0.2) is 0 Å². The first-order valence-electron chi connectivity index (χ1n) is 8.18. The van der Waals surface area contributed by atoms with E-state index < -0.39 is 5.91 Å². The van der Waals surface area contributed by atoms with Crippen LogP contribution < -0.4 is 4.74 Å². The largest absolute Gasteiger partial charge is 0.488 e. The number of carbonyl (C=O) groups excluding carboxylic acids is 2. The maximum atomic E-state index is 12.7. The zero-order valence-electron chi connectivity index (χ0n) is 14.2. The summed E-state index contributed by atoms with van der Waals surface area (Å²) in [5.41, 5.74) is 2.58. The van der Waals surface area contributed by atoms with Gasteiger partial charge in [0.05, 0.1) is 0 Å². The van der Waals surface area contributed by atoms with Crippen LogP contribution in [-0.4, -0.2) is 29.9 Å². The second kappa shape index (κ2) is 6.78. The van der Waals surface area contributed by atoms with Crippen molar-refractivity contribution < 1.29 is 14.3 Å². The third kappa shape index (κ3) is 2.99. The van der Waals surface area contributed by atoms with E-state index in [1.54, 1.807) is 13.0 Å². The summed E-state index contributed by atoms with van der Waals surface area (Å²) in [7, 11) is 0. The van der Waals surface area contributed by atoms with Gasteiger partial charge in [-0.25, -0.2) is 0 Å². The second-order valence-electron chi connectivity index (χ2n) is 5.98. The van der Waals surface area contributed by atoms with Gasteiger partial charge in [0, 0.05) is 17.7 Å². The summed E-state index contributed by atoms with van der Waals surface area (Å²) < 4.78 is 5.71. The van der Waals surface area contributed by atoms with Crippen molar-refractivity contribution in [3.05, 3.63) is 58.2 Å². The predicted molar refractivity (Wildman–Crippen MR) is 93.3 cm³/mol. The van der Waals surface area contributed by atoms with Gasteiger partial charge >= 0.3 is 0 Å². The van der Waals surface area contributed by atoms with E-state index in [9.17, 15) is 14.9 Å². The lowest BCUT2D eigenvalue weighted by atomic mass is 9.93. The summed E-state index contributed by atoms with van der Waals surface area (Å²) in [4.78, 5) is 26.2. The number of benzene rings is 1. The van der Waals surface area contributed by atoms with Crippen LogP contribution in [0.1, 0.15) is 25.8 Å². The molecule has 0 spiro atoms. The molecule has 0 unspecified atom stereocenters. The zero-order chi connectivity index (χ0) is 18.0. The molecule has 2 heterocycles. The zero-order valence-corrected chi connectivity index (χ0v) is 14.2. The monoisotopic (exact) mass is 334 g/mol. The highest BCUT2D eigenvalue weighted by Gasteiger charge is 2.35. The average molecular weight is 334 g/mol. The number of ether oxygens (including phenoxy) is 1. The Morgan fingerprint density at radius 3 is 2.76 bits per heavy atom. The van der Waals surface area contributed by atoms with Crippen molar-refractivity contribution in [2.24, 2.45) is 0 Å². The first-order valence-corrected chi connectivity index (χ1v) is 8.18. The summed E-state index contributed by atoms with van der Waals surface area (Å²) in [6, 6.07) is 9.59. The van der Waals surface area contributed by atoms with E-state index in [4.69, 9.17) is 4.74 Å². The topological polar surface area (TPSA) is 70.4 Å². The molecule has 0 aliphatic carbocycles. The number of nitriles is 1. The molecule has 5 heteroatoms. The van der Waals surface area contributed by atoms with Crippen LogP contribution in [0, 0.1) is 11.3 Å². The summed E-state index contributed by atoms with van der Waals surface area (Å²) in [5.74, 6) is -0.0706. The molecule has 0 aromatic heterocycles. The number of carbonyl (C=O) groups is 2. The molecule has 0 saturated carbocycles. The number of amides is 2. The van der Waals surface area contributed by atoms with Gasteiger partial charge in [-0.3, -0.25) is 14.5 Å². The molecular weight excluding hydrogens is 316 g/mol. The molecular formula is C20H18N2O3. The molecule has 25 heavy (non-hydrogen) atoms. The first-order chi connectivity index (χ1) is 12.1. The van der Waals surface area contributed by atoms with Crippen molar-refractivity contribution in [1.82, 2.24) is 4.90 Å². The van der Waals surface area contributed by atoms with E-state index in [0.717, 1.165) is 21.8 Å². The van der Waals surface area contributed by atoms with Crippen LogP contribution in [0.15, 0.2) is 52.6 Å². The lowest BCUT2D eigenvalue weighted by Crippen LogP contribution is -2.43. The van der Waals surface area contributed by atoms with E-state index in [1.165, 1.54) is 0 Å². The Balaban J connectivity index is 2.06. The van der Waals surface area contributed by atoms with Gasteiger partial charge in [0.25, 0.3) is 11.8 Å². The number of nitrogens with zero attached hydrogens (tertiary/aromatic N) is 2. The number of hydrogen-bond acceptors (Lipinski definition) is 4. The van der Waals surface area contributed by atoms with Crippen molar-refractivity contribution in [3.63, 3.8) is 0 Å². The molecule has 2 aliphatic heterocycles. The minimum absolute atomic E-state index is 0.0250. The standard InChI is InChI=1S/C20H18N2O3/c1-3-8-22-19(23)16(13(2)17(11-21)20(22)24)10-14-9-15-6-4-5-7-18(15)25-12-14/h4-7,9-10H,3,8,12H2,1-2H3. The molecule has 3 rings (SSSR count). The normalized spacial score (nSPS) is 18.7. The number of hydrogen-bond donors (Lipinski definition) is 0. The molecule has 1 aromatic carbocycles. The van der Waals surface area contributed by atoms with Gasteiger partial charge in [0.1, 0.15) is 24.0 Å². The second-order valence-corrected chi connectivity index (χ2v) is 5.98. The van der Waals surface area contributed by atoms with Crippen LogP contribution in [0.4, 0.5) is 0 Å². The van der Waals surface area contributed by atoms with E-state index in [-0.39, 0.29) is 11.5 Å². The van der Waals surface area contributed by atoms with Crippen molar-refractivity contribution >= 4 is 17.9 Å². The summed E-state index contributed by atoms with van der Waals surface area (Å²) in [6.45, 7) is 4.16.